The normalized spacial score (nSPS) is 11.6. The molecule has 4 heteroatoms. The number of carbonyl (C=O) groups excluding carboxylic acids is 1. The molecular formula is C24H29N3O. The minimum atomic E-state index is -0.111. The highest BCUT2D eigenvalue weighted by Gasteiger charge is 2.14. The lowest BCUT2D eigenvalue weighted by atomic mass is 9.87. The van der Waals surface area contributed by atoms with Crippen molar-refractivity contribution in [2.45, 2.75) is 46.1 Å². The van der Waals surface area contributed by atoms with Gasteiger partial charge >= 0.3 is 0 Å². The number of fused-ring (bicyclic) bond motifs is 1. The highest BCUT2D eigenvalue weighted by atomic mass is 16.1. The summed E-state index contributed by atoms with van der Waals surface area (Å²) in [6.07, 6.45) is 0.674. The first-order valence-electron chi connectivity index (χ1n) is 9.73. The Kier molecular flexibility index (Phi) is 5.68. The SMILES string of the molecule is C=C(C)C(=O)NCCc1nc2ccccc2n1Cc1ccc(C(C)(C)C)cc1. The fourth-order valence-electron chi connectivity index (χ4n) is 3.22. The Morgan fingerprint density at radius 1 is 1.11 bits per heavy atom. The van der Waals surface area contributed by atoms with E-state index in [1.807, 2.05) is 18.2 Å². The van der Waals surface area contributed by atoms with Gasteiger partial charge in [0.2, 0.25) is 5.91 Å². The summed E-state index contributed by atoms with van der Waals surface area (Å²) in [6.45, 7) is 13.4. The summed E-state index contributed by atoms with van der Waals surface area (Å²) in [5, 5.41) is 2.90. The van der Waals surface area contributed by atoms with Gasteiger partial charge in [-0.15, -0.1) is 0 Å². The number of imidazole rings is 1. The molecule has 0 saturated heterocycles. The molecule has 28 heavy (non-hydrogen) atoms. The van der Waals surface area contributed by atoms with E-state index in [2.05, 4.69) is 67.6 Å². The summed E-state index contributed by atoms with van der Waals surface area (Å²) in [4.78, 5) is 16.6. The fraction of sp³-hybridized carbons (Fsp3) is 0.333. The van der Waals surface area contributed by atoms with Crippen LogP contribution in [0.4, 0.5) is 0 Å². The van der Waals surface area contributed by atoms with Gasteiger partial charge < -0.3 is 9.88 Å². The zero-order valence-electron chi connectivity index (χ0n) is 17.2. The van der Waals surface area contributed by atoms with E-state index in [0.29, 0.717) is 18.5 Å². The average molecular weight is 376 g/mol. The number of hydrogen-bond acceptors (Lipinski definition) is 2. The van der Waals surface area contributed by atoms with E-state index in [1.54, 1.807) is 6.92 Å². The van der Waals surface area contributed by atoms with E-state index in [9.17, 15) is 4.79 Å². The Hall–Kier alpha value is -2.88. The van der Waals surface area contributed by atoms with Gasteiger partial charge in [-0.3, -0.25) is 4.79 Å². The number of amides is 1. The highest BCUT2D eigenvalue weighted by Crippen LogP contribution is 2.23. The van der Waals surface area contributed by atoms with Crippen LogP contribution in [0.2, 0.25) is 0 Å². The third-order valence-electron chi connectivity index (χ3n) is 4.92. The number of aromatic nitrogens is 2. The molecule has 4 nitrogen and oxygen atoms in total. The second-order valence-electron chi connectivity index (χ2n) is 8.34. The Labute approximate surface area is 167 Å². The molecule has 0 saturated carbocycles. The maximum Gasteiger partial charge on any atom is 0.246 e. The van der Waals surface area contributed by atoms with Crippen molar-refractivity contribution in [3.8, 4) is 0 Å². The van der Waals surface area contributed by atoms with Crippen molar-refractivity contribution >= 4 is 16.9 Å². The molecule has 1 amide bonds. The second kappa shape index (κ2) is 8.01. The molecule has 0 bridgehead atoms. The monoisotopic (exact) mass is 375 g/mol. The quantitative estimate of drug-likeness (QED) is 0.639. The summed E-state index contributed by atoms with van der Waals surface area (Å²) in [5.41, 5.74) is 5.33. The van der Waals surface area contributed by atoms with Crippen molar-refractivity contribution in [3.05, 3.63) is 77.6 Å². The highest BCUT2D eigenvalue weighted by molar-refractivity contribution is 5.92. The molecule has 1 aromatic heterocycles. The van der Waals surface area contributed by atoms with Crippen LogP contribution in [0.3, 0.4) is 0 Å². The Morgan fingerprint density at radius 3 is 2.43 bits per heavy atom. The van der Waals surface area contributed by atoms with Gasteiger partial charge in [0.1, 0.15) is 5.82 Å². The molecule has 146 valence electrons. The number of rotatable bonds is 6. The molecule has 1 N–H and O–H groups in total. The van der Waals surface area contributed by atoms with Crippen molar-refractivity contribution in [1.29, 1.82) is 0 Å². The van der Waals surface area contributed by atoms with Crippen LogP contribution in [0.25, 0.3) is 11.0 Å². The minimum absolute atomic E-state index is 0.111. The van der Waals surface area contributed by atoms with E-state index < -0.39 is 0 Å². The molecule has 0 unspecified atom stereocenters. The molecular weight excluding hydrogens is 346 g/mol. The van der Waals surface area contributed by atoms with Gasteiger partial charge in [0.15, 0.2) is 0 Å². The van der Waals surface area contributed by atoms with Crippen LogP contribution in [-0.4, -0.2) is 22.0 Å². The lowest BCUT2D eigenvalue weighted by molar-refractivity contribution is -0.117. The fourth-order valence-corrected chi connectivity index (χ4v) is 3.22. The van der Waals surface area contributed by atoms with Gasteiger partial charge in [0.25, 0.3) is 0 Å². The number of carbonyl (C=O) groups is 1. The van der Waals surface area contributed by atoms with Crippen molar-refractivity contribution in [2.75, 3.05) is 6.54 Å². The molecule has 2 aromatic carbocycles. The predicted octanol–water partition coefficient (Wildman–Crippen LogP) is 4.62. The van der Waals surface area contributed by atoms with Gasteiger partial charge in [-0.2, -0.15) is 0 Å². The molecule has 3 aromatic rings. The lowest BCUT2D eigenvalue weighted by Crippen LogP contribution is -2.26. The number of nitrogens with zero attached hydrogens (tertiary/aromatic N) is 2. The van der Waals surface area contributed by atoms with E-state index in [-0.39, 0.29) is 11.3 Å². The maximum atomic E-state index is 11.8. The standard InChI is InChI=1S/C24H29N3O/c1-17(2)23(28)25-15-14-22-26-20-8-6-7-9-21(20)27(22)16-18-10-12-19(13-11-18)24(3,4)5/h6-13H,1,14-16H2,2-5H3,(H,25,28). The van der Waals surface area contributed by atoms with Crippen molar-refractivity contribution < 1.29 is 4.79 Å². The minimum Gasteiger partial charge on any atom is -0.352 e. The Bertz CT molecular complexity index is 991. The molecule has 0 spiro atoms. The second-order valence-corrected chi connectivity index (χ2v) is 8.34. The van der Waals surface area contributed by atoms with Crippen LogP contribution in [0.1, 0.15) is 44.6 Å². The maximum absolute atomic E-state index is 11.8. The molecule has 0 aliphatic carbocycles. The van der Waals surface area contributed by atoms with E-state index in [4.69, 9.17) is 4.98 Å². The van der Waals surface area contributed by atoms with Crippen LogP contribution >= 0.6 is 0 Å². The molecule has 0 aliphatic heterocycles. The number of benzene rings is 2. The summed E-state index contributed by atoms with van der Waals surface area (Å²) in [7, 11) is 0. The van der Waals surface area contributed by atoms with Gasteiger partial charge in [0, 0.05) is 25.1 Å². The van der Waals surface area contributed by atoms with Gasteiger partial charge in [-0.1, -0.05) is 63.7 Å². The Morgan fingerprint density at radius 2 is 1.79 bits per heavy atom. The first-order chi connectivity index (χ1) is 13.3. The van der Waals surface area contributed by atoms with Crippen LogP contribution in [0.5, 0.6) is 0 Å². The molecule has 0 radical (unpaired) electrons. The molecule has 3 rings (SSSR count). The van der Waals surface area contributed by atoms with Crippen LogP contribution < -0.4 is 5.32 Å². The number of hydrogen-bond donors (Lipinski definition) is 1. The summed E-state index contributed by atoms with van der Waals surface area (Å²) in [5.74, 6) is 0.864. The molecule has 0 atom stereocenters. The summed E-state index contributed by atoms with van der Waals surface area (Å²) in [6, 6.07) is 17.0. The zero-order chi connectivity index (χ0) is 20.3. The van der Waals surface area contributed by atoms with Gasteiger partial charge in [0.05, 0.1) is 11.0 Å². The third-order valence-corrected chi connectivity index (χ3v) is 4.92. The van der Waals surface area contributed by atoms with E-state index in [0.717, 1.165) is 23.4 Å². The largest absolute Gasteiger partial charge is 0.352 e. The van der Waals surface area contributed by atoms with Gasteiger partial charge in [-0.25, -0.2) is 4.98 Å². The van der Waals surface area contributed by atoms with Gasteiger partial charge in [-0.05, 0) is 35.6 Å². The van der Waals surface area contributed by atoms with Crippen LogP contribution in [0, 0.1) is 0 Å². The summed E-state index contributed by atoms with van der Waals surface area (Å²) < 4.78 is 2.24. The smallest absolute Gasteiger partial charge is 0.246 e. The molecule has 0 fully saturated rings. The first-order valence-corrected chi connectivity index (χ1v) is 9.73. The van der Waals surface area contributed by atoms with E-state index in [1.165, 1.54) is 11.1 Å². The summed E-state index contributed by atoms with van der Waals surface area (Å²) >= 11 is 0. The topological polar surface area (TPSA) is 46.9 Å². The van der Waals surface area contributed by atoms with Crippen molar-refractivity contribution in [1.82, 2.24) is 14.9 Å². The number of para-hydroxylation sites is 2. The zero-order valence-corrected chi connectivity index (χ0v) is 17.2. The van der Waals surface area contributed by atoms with Crippen molar-refractivity contribution in [2.24, 2.45) is 0 Å². The molecule has 0 aliphatic rings. The number of nitrogens with one attached hydrogen (secondary N) is 1. The van der Waals surface area contributed by atoms with Crippen LogP contribution in [-0.2, 0) is 23.2 Å². The van der Waals surface area contributed by atoms with Crippen molar-refractivity contribution in [3.63, 3.8) is 0 Å². The lowest BCUT2D eigenvalue weighted by Gasteiger charge is -2.19. The molecule has 1 heterocycles. The van der Waals surface area contributed by atoms with Crippen LogP contribution in [0.15, 0.2) is 60.7 Å². The Balaban J connectivity index is 1.84. The van der Waals surface area contributed by atoms with E-state index >= 15 is 0 Å². The average Bonchev–Trinajstić information content (AvgIpc) is 2.99. The third kappa shape index (κ3) is 4.50. The predicted molar refractivity (Wildman–Crippen MR) is 116 cm³/mol. The first kappa shape index (κ1) is 19.9.